The lowest BCUT2D eigenvalue weighted by Crippen LogP contribution is -2.25. The van der Waals surface area contributed by atoms with Gasteiger partial charge in [-0.25, -0.2) is 0 Å². The molecule has 2 rings (SSSR count). The predicted octanol–water partition coefficient (Wildman–Crippen LogP) is 5.00. The summed E-state index contributed by atoms with van der Waals surface area (Å²) in [6, 6.07) is 5.90. The van der Waals surface area contributed by atoms with Crippen LogP contribution < -0.4 is 5.73 Å². The van der Waals surface area contributed by atoms with Crippen LogP contribution in [-0.2, 0) is 0 Å². The van der Waals surface area contributed by atoms with E-state index >= 15 is 0 Å². The first-order chi connectivity index (χ1) is 7.79. The number of benzene rings is 1. The van der Waals surface area contributed by atoms with Gasteiger partial charge in [0.1, 0.15) is 11.3 Å². The summed E-state index contributed by atoms with van der Waals surface area (Å²) in [5.74, 6) is 0.825. The Labute approximate surface area is 118 Å². The van der Waals surface area contributed by atoms with Crippen LogP contribution in [0.1, 0.15) is 32.6 Å². The van der Waals surface area contributed by atoms with E-state index in [1.807, 2.05) is 18.2 Å². The van der Waals surface area contributed by atoms with Crippen LogP contribution in [0.4, 0.5) is 0 Å². The molecule has 0 bridgehead atoms. The molecular formula is C13H15Br2NO. The van der Waals surface area contributed by atoms with Crippen LogP contribution in [0, 0.1) is 5.41 Å². The Hall–Kier alpha value is -0.320. The minimum absolute atomic E-state index is 0.0163. The summed E-state index contributed by atoms with van der Waals surface area (Å²) in [7, 11) is 0. The van der Waals surface area contributed by atoms with Crippen molar-refractivity contribution < 1.29 is 4.42 Å². The van der Waals surface area contributed by atoms with E-state index in [0.29, 0.717) is 0 Å². The summed E-state index contributed by atoms with van der Waals surface area (Å²) in [6.07, 6.45) is 0. The molecule has 1 atom stereocenters. The van der Waals surface area contributed by atoms with E-state index in [9.17, 15) is 0 Å². The van der Waals surface area contributed by atoms with E-state index in [4.69, 9.17) is 10.2 Å². The molecule has 0 fully saturated rings. The molecule has 0 spiro atoms. The molecule has 0 aliphatic rings. The fourth-order valence-corrected chi connectivity index (χ4v) is 3.01. The number of hydrogen-bond acceptors (Lipinski definition) is 2. The van der Waals surface area contributed by atoms with E-state index in [1.54, 1.807) is 0 Å². The van der Waals surface area contributed by atoms with Crippen molar-refractivity contribution in [1.29, 1.82) is 0 Å². The average Bonchev–Trinajstić information content (AvgIpc) is 2.58. The van der Waals surface area contributed by atoms with Crippen LogP contribution >= 0.6 is 31.9 Å². The summed E-state index contributed by atoms with van der Waals surface area (Å²) in [5, 5.41) is 1.06. The molecule has 2 aromatic rings. The highest BCUT2D eigenvalue weighted by Crippen LogP contribution is 2.37. The van der Waals surface area contributed by atoms with Gasteiger partial charge in [0.05, 0.1) is 10.5 Å². The van der Waals surface area contributed by atoms with Gasteiger partial charge >= 0.3 is 0 Å². The van der Waals surface area contributed by atoms with Crippen molar-refractivity contribution in [2.24, 2.45) is 11.1 Å². The number of furan rings is 1. The monoisotopic (exact) mass is 359 g/mol. The third-order valence-electron chi connectivity index (χ3n) is 2.79. The maximum Gasteiger partial charge on any atom is 0.148 e. The molecule has 4 heteroatoms. The fourth-order valence-electron chi connectivity index (χ4n) is 1.68. The molecule has 0 saturated carbocycles. The second kappa shape index (κ2) is 4.41. The molecule has 0 aliphatic carbocycles. The van der Waals surface area contributed by atoms with Crippen LogP contribution in [0.15, 0.2) is 31.6 Å². The molecule has 17 heavy (non-hydrogen) atoms. The lowest BCUT2D eigenvalue weighted by atomic mass is 9.86. The fraction of sp³-hybridized carbons (Fsp3) is 0.385. The SMILES string of the molecule is CC(C)(C)C(N)c1cc2cc(Br)cc(Br)c2o1. The summed E-state index contributed by atoms with van der Waals surface area (Å²) < 4.78 is 7.81. The third-order valence-corrected chi connectivity index (χ3v) is 3.84. The largest absolute Gasteiger partial charge is 0.458 e. The Balaban J connectivity index is 2.56. The third kappa shape index (κ3) is 2.59. The average molecular weight is 361 g/mol. The van der Waals surface area contributed by atoms with Gasteiger partial charge in [-0.05, 0) is 39.5 Å². The summed E-state index contributed by atoms with van der Waals surface area (Å²) in [6.45, 7) is 6.32. The number of hydrogen-bond donors (Lipinski definition) is 1. The molecule has 0 amide bonds. The topological polar surface area (TPSA) is 39.2 Å². The van der Waals surface area contributed by atoms with Gasteiger partial charge in [0.2, 0.25) is 0 Å². The lowest BCUT2D eigenvalue weighted by Gasteiger charge is -2.24. The first-order valence-electron chi connectivity index (χ1n) is 5.43. The zero-order chi connectivity index (χ0) is 12.8. The highest BCUT2D eigenvalue weighted by Gasteiger charge is 2.25. The Kier molecular flexibility index (Phi) is 3.40. The van der Waals surface area contributed by atoms with E-state index in [-0.39, 0.29) is 11.5 Å². The van der Waals surface area contributed by atoms with Crippen molar-refractivity contribution in [3.8, 4) is 0 Å². The van der Waals surface area contributed by atoms with Crippen LogP contribution in [0.2, 0.25) is 0 Å². The van der Waals surface area contributed by atoms with Crippen molar-refractivity contribution in [1.82, 2.24) is 0 Å². The number of rotatable bonds is 1. The molecule has 2 nitrogen and oxygen atoms in total. The highest BCUT2D eigenvalue weighted by molar-refractivity contribution is 9.11. The normalized spacial score (nSPS) is 14.2. The van der Waals surface area contributed by atoms with E-state index in [1.165, 1.54) is 0 Å². The van der Waals surface area contributed by atoms with Crippen molar-refractivity contribution >= 4 is 42.8 Å². The van der Waals surface area contributed by atoms with E-state index in [0.717, 1.165) is 25.7 Å². The molecular weight excluding hydrogens is 346 g/mol. The first kappa shape index (κ1) is 13.1. The van der Waals surface area contributed by atoms with Gasteiger partial charge in [-0.3, -0.25) is 0 Å². The van der Waals surface area contributed by atoms with Crippen LogP contribution in [0.5, 0.6) is 0 Å². The first-order valence-corrected chi connectivity index (χ1v) is 7.01. The molecule has 0 aliphatic heterocycles. The van der Waals surface area contributed by atoms with Gasteiger partial charge in [0.15, 0.2) is 0 Å². The van der Waals surface area contributed by atoms with Crippen molar-refractivity contribution in [3.05, 3.63) is 32.9 Å². The summed E-state index contributed by atoms with van der Waals surface area (Å²) in [5.41, 5.74) is 7.04. The molecule has 1 unspecified atom stereocenters. The summed E-state index contributed by atoms with van der Waals surface area (Å²) >= 11 is 6.96. The van der Waals surface area contributed by atoms with Crippen molar-refractivity contribution in [2.45, 2.75) is 26.8 Å². The second-order valence-electron chi connectivity index (χ2n) is 5.30. The Morgan fingerprint density at radius 1 is 1.18 bits per heavy atom. The maximum absolute atomic E-state index is 6.20. The maximum atomic E-state index is 6.20. The minimum Gasteiger partial charge on any atom is -0.458 e. The standard InChI is InChI=1S/C13H15Br2NO/c1-13(2,3)12(16)10-5-7-4-8(14)6-9(15)11(7)17-10/h4-6,12H,16H2,1-3H3. The molecule has 92 valence electrons. The van der Waals surface area contributed by atoms with Crippen LogP contribution in [0.3, 0.4) is 0 Å². The Bertz CT molecular complexity index is 554. The molecule has 1 heterocycles. The molecule has 0 saturated heterocycles. The van der Waals surface area contributed by atoms with Gasteiger partial charge in [-0.1, -0.05) is 36.7 Å². The van der Waals surface area contributed by atoms with E-state index in [2.05, 4.69) is 52.6 Å². The zero-order valence-electron chi connectivity index (χ0n) is 10.1. The van der Waals surface area contributed by atoms with Gasteiger partial charge in [0, 0.05) is 9.86 Å². The van der Waals surface area contributed by atoms with Crippen molar-refractivity contribution in [2.75, 3.05) is 0 Å². The van der Waals surface area contributed by atoms with Gasteiger partial charge in [0.25, 0.3) is 0 Å². The van der Waals surface area contributed by atoms with Crippen molar-refractivity contribution in [3.63, 3.8) is 0 Å². The highest BCUT2D eigenvalue weighted by atomic mass is 79.9. The van der Waals surface area contributed by atoms with Gasteiger partial charge in [-0.15, -0.1) is 0 Å². The molecule has 0 radical (unpaired) electrons. The molecule has 1 aromatic carbocycles. The minimum atomic E-state index is -0.111. The lowest BCUT2D eigenvalue weighted by molar-refractivity contribution is 0.290. The smallest absolute Gasteiger partial charge is 0.148 e. The quantitative estimate of drug-likeness (QED) is 0.776. The van der Waals surface area contributed by atoms with E-state index < -0.39 is 0 Å². The van der Waals surface area contributed by atoms with Gasteiger partial charge < -0.3 is 10.2 Å². The van der Waals surface area contributed by atoms with Crippen LogP contribution in [-0.4, -0.2) is 0 Å². The zero-order valence-corrected chi connectivity index (χ0v) is 13.2. The van der Waals surface area contributed by atoms with Gasteiger partial charge in [-0.2, -0.15) is 0 Å². The predicted molar refractivity (Wildman–Crippen MR) is 78.0 cm³/mol. The number of nitrogens with two attached hydrogens (primary N) is 1. The number of fused-ring (bicyclic) bond motifs is 1. The number of halogens is 2. The molecule has 1 aromatic heterocycles. The Morgan fingerprint density at radius 3 is 2.41 bits per heavy atom. The Morgan fingerprint density at radius 2 is 1.82 bits per heavy atom. The summed E-state index contributed by atoms with van der Waals surface area (Å²) in [4.78, 5) is 0. The second-order valence-corrected chi connectivity index (χ2v) is 7.07. The molecule has 2 N–H and O–H groups in total. The van der Waals surface area contributed by atoms with Crippen LogP contribution in [0.25, 0.3) is 11.0 Å².